The summed E-state index contributed by atoms with van der Waals surface area (Å²) in [4.78, 5) is 10.2. The zero-order chi connectivity index (χ0) is 13.0. The second kappa shape index (κ2) is 6.16. The first-order chi connectivity index (χ1) is 8.66. The number of anilines is 1. The van der Waals surface area contributed by atoms with Gasteiger partial charge in [-0.25, -0.2) is 4.98 Å². The summed E-state index contributed by atoms with van der Waals surface area (Å²) in [5.41, 5.74) is 1.31. The van der Waals surface area contributed by atoms with Gasteiger partial charge in [0.05, 0.1) is 4.47 Å². The molecule has 0 amide bonds. The summed E-state index contributed by atoms with van der Waals surface area (Å²) >= 11 is 9.24. The lowest BCUT2D eigenvalue weighted by atomic mass is 10.1. The quantitative estimate of drug-likeness (QED) is 0.804. The van der Waals surface area contributed by atoms with Gasteiger partial charge >= 0.3 is 0 Å². The Balaban J connectivity index is 2.03. The molecular formula is C13H13BrClN3. The smallest absolute Gasteiger partial charge is 0.224 e. The highest BCUT2D eigenvalue weighted by atomic mass is 79.9. The number of aromatic nitrogens is 2. The van der Waals surface area contributed by atoms with Crippen molar-refractivity contribution in [1.82, 2.24) is 9.97 Å². The largest absolute Gasteiger partial charge is 0.358 e. The summed E-state index contributed by atoms with van der Waals surface area (Å²) in [6.07, 6.45) is 2.63. The number of hydrogen-bond acceptors (Lipinski definition) is 3. The van der Waals surface area contributed by atoms with E-state index >= 15 is 0 Å². The van der Waals surface area contributed by atoms with Gasteiger partial charge in [-0.2, -0.15) is 4.98 Å². The standard InChI is InChI=1S/C13H13BrClN3/c1-18(8-7-10-5-3-2-4-6-10)12-11(14)9-16-13(15)17-12/h2-6,9H,7-8H2,1H3. The fraction of sp³-hybridized carbons (Fsp3) is 0.231. The van der Waals surface area contributed by atoms with Crippen molar-refractivity contribution in [2.75, 3.05) is 18.5 Å². The molecule has 0 fully saturated rings. The minimum Gasteiger partial charge on any atom is -0.358 e. The highest BCUT2D eigenvalue weighted by molar-refractivity contribution is 9.10. The Morgan fingerprint density at radius 3 is 2.72 bits per heavy atom. The van der Waals surface area contributed by atoms with Gasteiger partial charge in [-0.3, -0.25) is 0 Å². The van der Waals surface area contributed by atoms with Gasteiger partial charge in [-0.15, -0.1) is 0 Å². The van der Waals surface area contributed by atoms with Crippen molar-refractivity contribution >= 4 is 33.3 Å². The summed E-state index contributed by atoms with van der Waals surface area (Å²) < 4.78 is 0.850. The van der Waals surface area contributed by atoms with Crippen LogP contribution in [-0.4, -0.2) is 23.6 Å². The first-order valence-corrected chi connectivity index (χ1v) is 6.77. The molecule has 0 atom stereocenters. The van der Waals surface area contributed by atoms with Crippen LogP contribution in [0.3, 0.4) is 0 Å². The van der Waals surface area contributed by atoms with Crippen LogP contribution in [0.1, 0.15) is 5.56 Å². The van der Waals surface area contributed by atoms with Crippen LogP contribution in [-0.2, 0) is 6.42 Å². The zero-order valence-electron chi connectivity index (χ0n) is 9.98. The van der Waals surface area contributed by atoms with E-state index in [0.29, 0.717) is 0 Å². The minimum absolute atomic E-state index is 0.264. The number of halogens is 2. The van der Waals surface area contributed by atoms with E-state index in [1.165, 1.54) is 5.56 Å². The molecule has 0 spiro atoms. The first kappa shape index (κ1) is 13.3. The first-order valence-electron chi connectivity index (χ1n) is 5.60. The molecule has 0 aliphatic rings. The van der Waals surface area contributed by atoms with Crippen molar-refractivity contribution in [3.05, 3.63) is 51.8 Å². The van der Waals surface area contributed by atoms with E-state index in [1.807, 2.05) is 25.2 Å². The molecule has 0 saturated heterocycles. The van der Waals surface area contributed by atoms with Crippen LogP contribution < -0.4 is 4.90 Å². The van der Waals surface area contributed by atoms with E-state index in [2.05, 4.69) is 42.9 Å². The fourth-order valence-electron chi connectivity index (χ4n) is 1.65. The van der Waals surface area contributed by atoms with Gasteiger partial charge < -0.3 is 4.90 Å². The van der Waals surface area contributed by atoms with Crippen molar-refractivity contribution < 1.29 is 0 Å². The second-order valence-electron chi connectivity index (χ2n) is 3.97. The molecule has 2 rings (SSSR count). The normalized spacial score (nSPS) is 10.4. The van der Waals surface area contributed by atoms with Crippen LogP contribution in [0, 0.1) is 0 Å². The zero-order valence-corrected chi connectivity index (χ0v) is 12.3. The Morgan fingerprint density at radius 2 is 2.00 bits per heavy atom. The SMILES string of the molecule is CN(CCc1ccccc1)c1nc(Cl)ncc1Br. The van der Waals surface area contributed by atoms with E-state index in [0.717, 1.165) is 23.3 Å². The second-order valence-corrected chi connectivity index (χ2v) is 5.16. The van der Waals surface area contributed by atoms with Crippen LogP contribution in [0.4, 0.5) is 5.82 Å². The Bertz CT molecular complexity index is 519. The van der Waals surface area contributed by atoms with Gasteiger partial charge in [0.2, 0.25) is 5.28 Å². The van der Waals surface area contributed by atoms with E-state index in [1.54, 1.807) is 6.20 Å². The van der Waals surface area contributed by atoms with E-state index in [-0.39, 0.29) is 5.28 Å². The molecule has 0 N–H and O–H groups in total. The third-order valence-electron chi connectivity index (χ3n) is 2.64. The average Bonchev–Trinajstić information content (AvgIpc) is 2.40. The van der Waals surface area contributed by atoms with Gasteiger partial charge in [0.1, 0.15) is 5.82 Å². The average molecular weight is 327 g/mol. The van der Waals surface area contributed by atoms with Crippen molar-refractivity contribution in [3.8, 4) is 0 Å². The molecule has 5 heteroatoms. The summed E-state index contributed by atoms with van der Waals surface area (Å²) in [5.74, 6) is 0.811. The number of rotatable bonds is 4. The summed E-state index contributed by atoms with van der Waals surface area (Å²) in [7, 11) is 1.99. The van der Waals surface area contributed by atoms with E-state index in [4.69, 9.17) is 11.6 Å². The topological polar surface area (TPSA) is 29.0 Å². The Labute approximate surface area is 120 Å². The van der Waals surface area contributed by atoms with E-state index in [9.17, 15) is 0 Å². The third-order valence-corrected chi connectivity index (χ3v) is 3.38. The van der Waals surface area contributed by atoms with Gasteiger partial charge in [-0.05, 0) is 39.5 Å². The molecular weight excluding hydrogens is 314 g/mol. The molecule has 0 bridgehead atoms. The van der Waals surface area contributed by atoms with Crippen molar-refractivity contribution in [3.63, 3.8) is 0 Å². The molecule has 3 nitrogen and oxygen atoms in total. The number of hydrogen-bond donors (Lipinski definition) is 0. The maximum atomic E-state index is 5.81. The fourth-order valence-corrected chi connectivity index (χ4v) is 2.27. The third kappa shape index (κ3) is 3.43. The molecule has 0 aliphatic carbocycles. The predicted molar refractivity (Wildman–Crippen MR) is 78.2 cm³/mol. The summed E-state index contributed by atoms with van der Waals surface area (Å²) in [5, 5.41) is 0.264. The predicted octanol–water partition coefficient (Wildman–Crippen LogP) is 3.57. The van der Waals surface area contributed by atoms with Crippen LogP contribution >= 0.6 is 27.5 Å². The molecule has 18 heavy (non-hydrogen) atoms. The van der Waals surface area contributed by atoms with Gasteiger partial charge in [0, 0.05) is 19.8 Å². The van der Waals surface area contributed by atoms with Gasteiger partial charge in [-0.1, -0.05) is 30.3 Å². The number of likely N-dealkylation sites (N-methyl/N-ethyl adjacent to an activating group) is 1. The molecule has 0 radical (unpaired) electrons. The highest BCUT2D eigenvalue weighted by Crippen LogP contribution is 2.23. The summed E-state index contributed by atoms with van der Waals surface area (Å²) in [6.45, 7) is 0.871. The molecule has 1 aromatic carbocycles. The Morgan fingerprint density at radius 1 is 1.28 bits per heavy atom. The Kier molecular flexibility index (Phi) is 4.55. The molecule has 0 unspecified atom stereocenters. The van der Waals surface area contributed by atoms with Crippen molar-refractivity contribution in [1.29, 1.82) is 0 Å². The molecule has 2 aromatic rings. The Hall–Kier alpha value is -1.13. The van der Waals surface area contributed by atoms with Crippen molar-refractivity contribution in [2.24, 2.45) is 0 Å². The van der Waals surface area contributed by atoms with Gasteiger partial charge in [0.25, 0.3) is 0 Å². The number of benzene rings is 1. The van der Waals surface area contributed by atoms with E-state index < -0.39 is 0 Å². The van der Waals surface area contributed by atoms with Gasteiger partial charge in [0.15, 0.2) is 0 Å². The molecule has 94 valence electrons. The monoisotopic (exact) mass is 325 g/mol. The van der Waals surface area contributed by atoms with Crippen LogP contribution in [0.2, 0.25) is 5.28 Å². The van der Waals surface area contributed by atoms with Crippen LogP contribution in [0.15, 0.2) is 41.0 Å². The lowest BCUT2D eigenvalue weighted by Crippen LogP contribution is -2.22. The number of nitrogens with zero attached hydrogens (tertiary/aromatic N) is 3. The summed E-state index contributed by atoms with van der Waals surface area (Å²) in [6, 6.07) is 10.4. The van der Waals surface area contributed by atoms with Crippen molar-refractivity contribution in [2.45, 2.75) is 6.42 Å². The maximum absolute atomic E-state index is 5.81. The molecule has 1 heterocycles. The molecule has 1 aromatic heterocycles. The maximum Gasteiger partial charge on any atom is 0.224 e. The lowest BCUT2D eigenvalue weighted by molar-refractivity contribution is 0.852. The van der Waals surface area contributed by atoms with Crippen LogP contribution in [0.25, 0.3) is 0 Å². The minimum atomic E-state index is 0.264. The highest BCUT2D eigenvalue weighted by Gasteiger charge is 2.09. The molecule has 0 aliphatic heterocycles. The molecule has 0 saturated carbocycles. The lowest BCUT2D eigenvalue weighted by Gasteiger charge is -2.19. The van der Waals surface area contributed by atoms with Crippen LogP contribution in [0.5, 0.6) is 0 Å².